The molecule has 0 atom stereocenters. The van der Waals surface area contributed by atoms with Gasteiger partial charge in [0.15, 0.2) is 5.82 Å². The van der Waals surface area contributed by atoms with Crippen LogP contribution in [0.3, 0.4) is 0 Å². The molecule has 0 radical (unpaired) electrons. The molecular weight excluding hydrogens is 244 g/mol. The van der Waals surface area contributed by atoms with Crippen LogP contribution in [0.2, 0.25) is 0 Å². The molecule has 1 fully saturated rings. The van der Waals surface area contributed by atoms with Crippen LogP contribution in [-0.2, 0) is 4.74 Å². The number of hydrogen-bond acceptors (Lipinski definition) is 4. The summed E-state index contributed by atoms with van der Waals surface area (Å²) < 4.78 is 6.79. The number of ether oxygens (including phenoxy) is 1. The van der Waals surface area contributed by atoms with E-state index < -0.39 is 0 Å². The summed E-state index contributed by atoms with van der Waals surface area (Å²) in [6.07, 6.45) is 7.26. The third-order valence-electron chi connectivity index (χ3n) is 3.51. The molecule has 1 aromatic heterocycles. The van der Waals surface area contributed by atoms with Crippen molar-refractivity contribution in [3.8, 4) is 0 Å². The number of carbonyl (C=O) groups is 1. The first-order valence-electron chi connectivity index (χ1n) is 6.84. The van der Waals surface area contributed by atoms with Crippen LogP contribution in [0.25, 0.3) is 0 Å². The van der Waals surface area contributed by atoms with Crippen LogP contribution >= 0.6 is 0 Å². The summed E-state index contributed by atoms with van der Waals surface area (Å²) >= 11 is 0. The van der Waals surface area contributed by atoms with E-state index in [0.29, 0.717) is 30.6 Å². The van der Waals surface area contributed by atoms with Gasteiger partial charge in [-0.05, 0) is 19.3 Å². The Morgan fingerprint density at radius 3 is 3.00 bits per heavy atom. The molecule has 0 saturated heterocycles. The highest BCUT2D eigenvalue weighted by Gasteiger charge is 2.21. The molecular formula is C13H22N4O2. The van der Waals surface area contributed by atoms with Crippen molar-refractivity contribution in [3.05, 3.63) is 11.8 Å². The molecule has 6 heteroatoms. The van der Waals surface area contributed by atoms with E-state index in [1.165, 1.54) is 12.8 Å². The van der Waals surface area contributed by atoms with Crippen molar-refractivity contribution in [2.45, 2.75) is 38.1 Å². The minimum absolute atomic E-state index is 0.155. The standard InChI is InChI=1S/C13H22N4O2/c1-19-8-4-7-15-13(18)11-9-17(16-12(11)14)10-5-2-3-6-10/h9-10H,2-8H2,1H3,(H2,14,16)(H,15,18). The third kappa shape index (κ3) is 3.47. The average molecular weight is 266 g/mol. The highest BCUT2D eigenvalue weighted by molar-refractivity contribution is 5.98. The number of nitrogen functional groups attached to an aromatic ring is 1. The minimum Gasteiger partial charge on any atom is -0.385 e. The molecule has 1 aliphatic rings. The number of carbonyl (C=O) groups excluding carboxylic acids is 1. The number of rotatable bonds is 6. The normalized spacial score (nSPS) is 15.8. The number of methoxy groups -OCH3 is 1. The summed E-state index contributed by atoms with van der Waals surface area (Å²) in [7, 11) is 1.64. The molecule has 3 N–H and O–H groups in total. The fourth-order valence-electron chi connectivity index (χ4n) is 2.45. The lowest BCUT2D eigenvalue weighted by Gasteiger charge is -2.08. The van der Waals surface area contributed by atoms with Crippen LogP contribution in [0.5, 0.6) is 0 Å². The molecule has 1 aromatic rings. The number of nitrogens with one attached hydrogen (secondary N) is 1. The summed E-state index contributed by atoms with van der Waals surface area (Å²) in [6, 6.07) is 0.400. The zero-order valence-corrected chi connectivity index (χ0v) is 11.4. The van der Waals surface area contributed by atoms with E-state index in [0.717, 1.165) is 19.3 Å². The smallest absolute Gasteiger partial charge is 0.256 e. The molecule has 0 aliphatic heterocycles. The van der Waals surface area contributed by atoms with E-state index in [1.807, 2.05) is 4.68 Å². The minimum atomic E-state index is -0.155. The molecule has 0 aromatic carbocycles. The first-order valence-corrected chi connectivity index (χ1v) is 6.84. The van der Waals surface area contributed by atoms with E-state index in [-0.39, 0.29) is 5.91 Å². The van der Waals surface area contributed by atoms with Gasteiger partial charge in [-0.1, -0.05) is 12.8 Å². The zero-order valence-electron chi connectivity index (χ0n) is 11.4. The highest BCUT2D eigenvalue weighted by Crippen LogP contribution is 2.29. The van der Waals surface area contributed by atoms with Gasteiger partial charge in [0.2, 0.25) is 0 Å². The highest BCUT2D eigenvalue weighted by atomic mass is 16.5. The Bertz CT molecular complexity index is 424. The van der Waals surface area contributed by atoms with Crippen LogP contribution in [0.1, 0.15) is 48.5 Å². The molecule has 1 aliphatic carbocycles. The molecule has 0 unspecified atom stereocenters. The number of nitrogens with two attached hydrogens (primary N) is 1. The van der Waals surface area contributed by atoms with Gasteiger partial charge in [-0.15, -0.1) is 0 Å². The van der Waals surface area contributed by atoms with E-state index in [1.54, 1.807) is 13.3 Å². The maximum absolute atomic E-state index is 12.0. The molecule has 1 amide bonds. The van der Waals surface area contributed by atoms with E-state index in [2.05, 4.69) is 10.4 Å². The number of hydrogen-bond donors (Lipinski definition) is 2. The lowest BCUT2D eigenvalue weighted by Crippen LogP contribution is -2.25. The van der Waals surface area contributed by atoms with Crippen molar-refractivity contribution in [3.63, 3.8) is 0 Å². The van der Waals surface area contributed by atoms with Gasteiger partial charge in [-0.2, -0.15) is 5.10 Å². The molecule has 2 rings (SSSR count). The predicted octanol–water partition coefficient (Wildman–Crippen LogP) is 1.35. The van der Waals surface area contributed by atoms with Gasteiger partial charge in [-0.25, -0.2) is 0 Å². The summed E-state index contributed by atoms with van der Waals surface area (Å²) in [6.45, 7) is 1.22. The zero-order chi connectivity index (χ0) is 13.7. The first-order chi connectivity index (χ1) is 9.22. The second kappa shape index (κ2) is 6.56. The SMILES string of the molecule is COCCCNC(=O)c1cn(C2CCCC2)nc1N. The Balaban J connectivity index is 1.93. The van der Waals surface area contributed by atoms with Gasteiger partial charge in [0, 0.05) is 26.5 Å². The first kappa shape index (κ1) is 13.9. The Hall–Kier alpha value is -1.56. The van der Waals surface area contributed by atoms with E-state index in [4.69, 9.17) is 10.5 Å². The average Bonchev–Trinajstić information content (AvgIpc) is 3.03. The molecule has 0 spiro atoms. The van der Waals surface area contributed by atoms with Crippen LogP contribution < -0.4 is 11.1 Å². The van der Waals surface area contributed by atoms with Crippen molar-refractivity contribution in [1.82, 2.24) is 15.1 Å². The van der Waals surface area contributed by atoms with Crippen molar-refractivity contribution in [2.75, 3.05) is 26.0 Å². The Labute approximate surface area is 113 Å². The monoisotopic (exact) mass is 266 g/mol. The lowest BCUT2D eigenvalue weighted by molar-refractivity contribution is 0.0949. The van der Waals surface area contributed by atoms with Crippen molar-refractivity contribution < 1.29 is 9.53 Å². The van der Waals surface area contributed by atoms with Crippen LogP contribution in [-0.4, -0.2) is 35.9 Å². The fourth-order valence-corrected chi connectivity index (χ4v) is 2.45. The van der Waals surface area contributed by atoms with Gasteiger partial charge < -0.3 is 15.8 Å². The molecule has 1 saturated carbocycles. The maximum atomic E-state index is 12.0. The Morgan fingerprint density at radius 1 is 1.58 bits per heavy atom. The molecule has 0 bridgehead atoms. The Morgan fingerprint density at radius 2 is 2.32 bits per heavy atom. The van der Waals surface area contributed by atoms with Gasteiger partial charge in [0.25, 0.3) is 5.91 Å². The quantitative estimate of drug-likeness (QED) is 0.761. The van der Waals surface area contributed by atoms with Gasteiger partial charge in [0.1, 0.15) is 5.56 Å². The molecule has 19 heavy (non-hydrogen) atoms. The molecule has 6 nitrogen and oxygen atoms in total. The number of amides is 1. The fraction of sp³-hybridized carbons (Fsp3) is 0.692. The maximum Gasteiger partial charge on any atom is 0.256 e. The topological polar surface area (TPSA) is 82.2 Å². The van der Waals surface area contributed by atoms with E-state index >= 15 is 0 Å². The third-order valence-corrected chi connectivity index (χ3v) is 3.51. The second-order valence-electron chi connectivity index (χ2n) is 4.95. The van der Waals surface area contributed by atoms with Crippen molar-refractivity contribution in [2.24, 2.45) is 0 Å². The van der Waals surface area contributed by atoms with Gasteiger partial charge >= 0.3 is 0 Å². The summed E-state index contributed by atoms with van der Waals surface area (Å²) in [4.78, 5) is 12.0. The number of nitrogens with zero attached hydrogens (tertiary/aromatic N) is 2. The number of aromatic nitrogens is 2. The van der Waals surface area contributed by atoms with Crippen molar-refractivity contribution in [1.29, 1.82) is 0 Å². The summed E-state index contributed by atoms with van der Waals surface area (Å²) in [5, 5.41) is 7.09. The van der Waals surface area contributed by atoms with Crippen LogP contribution in [0.4, 0.5) is 5.82 Å². The summed E-state index contributed by atoms with van der Waals surface area (Å²) in [5.74, 6) is 0.161. The van der Waals surface area contributed by atoms with Gasteiger partial charge in [0.05, 0.1) is 6.04 Å². The van der Waals surface area contributed by atoms with Crippen LogP contribution in [0.15, 0.2) is 6.20 Å². The van der Waals surface area contributed by atoms with Gasteiger partial charge in [-0.3, -0.25) is 9.48 Å². The predicted molar refractivity (Wildman–Crippen MR) is 73.0 cm³/mol. The summed E-state index contributed by atoms with van der Waals surface area (Å²) in [5.41, 5.74) is 6.30. The Kier molecular flexibility index (Phi) is 4.79. The second-order valence-corrected chi connectivity index (χ2v) is 4.95. The lowest BCUT2D eigenvalue weighted by atomic mass is 10.2. The molecule has 1 heterocycles. The molecule has 106 valence electrons. The van der Waals surface area contributed by atoms with Crippen LogP contribution in [0, 0.1) is 0 Å². The van der Waals surface area contributed by atoms with Crippen molar-refractivity contribution >= 4 is 11.7 Å². The number of anilines is 1. The largest absolute Gasteiger partial charge is 0.385 e. The van der Waals surface area contributed by atoms with E-state index in [9.17, 15) is 4.79 Å².